The van der Waals surface area contributed by atoms with Crippen molar-refractivity contribution in [3.8, 4) is 5.75 Å². The molecule has 0 unspecified atom stereocenters. The van der Waals surface area contributed by atoms with Gasteiger partial charge < -0.3 is 4.74 Å². The lowest BCUT2D eigenvalue weighted by molar-refractivity contribution is -0.275. The van der Waals surface area contributed by atoms with E-state index in [2.05, 4.69) is 35.9 Å². The minimum atomic E-state index is -4.91. The van der Waals surface area contributed by atoms with E-state index in [1.54, 1.807) is 0 Å². The van der Waals surface area contributed by atoms with E-state index < -0.39 is 17.9 Å². The molecule has 1 nitrogen and oxygen atoms in total. The number of hydrogen-bond donors (Lipinski definition) is 0. The highest BCUT2D eigenvalue weighted by atomic mass is 19.4. The lowest BCUT2D eigenvalue weighted by atomic mass is 9.77. The van der Waals surface area contributed by atoms with Gasteiger partial charge in [-0.05, 0) is 91.7 Å². The van der Waals surface area contributed by atoms with E-state index in [1.165, 1.54) is 68.6 Å². The summed E-state index contributed by atoms with van der Waals surface area (Å²) >= 11 is 0. The van der Waals surface area contributed by atoms with E-state index in [1.807, 2.05) is 13.0 Å². The lowest BCUT2D eigenvalue weighted by Crippen LogP contribution is -2.17. The summed E-state index contributed by atoms with van der Waals surface area (Å²) in [4.78, 5) is 0. The number of alkyl halides is 3. The Kier molecular flexibility index (Phi) is 9.61. The third kappa shape index (κ3) is 8.18. The molecule has 0 N–H and O–H groups in total. The maximum atomic E-state index is 14.0. The first-order valence-corrected chi connectivity index (χ1v) is 12.6. The fraction of sp³-hybridized carbons (Fsp3) is 0.517. The summed E-state index contributed by atoms with van der Waals surface area (Å²) in [6, 6.07) is 12.5. The van der Waals surface area contributed by atoms with E-state index in [0.717, 1.165) is 36.5 Å². The molecule has 1 saturated carbocycles. The molecule has 0 aliphatic heterocycles. The van der Waals surface area contributed by atoms with Gasteiger partial charge in [0.2, 0.25) is 0 Å². The van der Waals surface area contributed by atoms with Crippen LogP contribution in [0.2, 0.25) is 0 Å². The maximum Gasteiger partial charge on any atom is 0.573 e. The van der Waals surface area contributed by atoms with Crippen LogP contribution in [0, 0.1) is 11.7 Å². The second-order valence-electron chi connectivity index (χ2n) is 9.57. The second kappa shape index (κ2) is 12.4. The van der Waals surface area contributed by atoms with Gasteiger partial charge in [0.1, 0.15) is 0 Å². The Labute approximate surface area is 201 Å². The van der Waals surface area contributed by atoms with Crippen LogP contribution >= 0.6 is 0 Å². The van der Waals surface area contributed by atoms with Crippen molar-refractivity contribution in [2.24, 2.45) is 5.92 Å². The lowest BCUT2D eigenvalue weighted by Gasteiger charge is -2.29. The molecular formula is C29H36F4O. The smallest absolute Gasteiger partial charge is 0.403 e. The van der Waals surface area contributed by atoms with E-state index in [9.17, 15) is 17.6 Å². The topological polar surface area (TPSA) is 9.23 Å². The molecule has 2 aromatic carbocycles. The molecule has 34 heavy (non-hydrogen) atoms. The number of aryl methyl sites for hydroxylation is 1. The number of allylic oxidation sites excluding steroid dienone is 2. The van der Waals surface area contributed by atoms with Crippen molar-refractivity contribution in [1.29, 1.82) is 0 Å². The quantitative estimate of drug-likeness (QED) is 0.245. The van der Waals surface area contributed by atoms with Crippen molar-refractivity contribution in [2.45, 2.75) is 90.3 Å². The van der Waals surface area contributed by atoms with Gasteiger partial charge in [-0.3, -0.25) is 0 Å². The normalized spacial score (nSPS) is 19.3. The van der Waals surface area contributed by atoms with Crippen molar-refractivity contribution in [3.63, 3.8) is 0 Å². The van der Waals surface area contributed by atoms with Crippen LogP contribution in [0.4, 0.5) is 17.6 Å². The Morgan fingerprint density at radius 1 is 1.00 bits per heavy atom. The van der Waals surface area contributed by atoms with Gasteiger partial charge in [0.15, 0.2) is 11.6 Å². The Morgan fingerprint density at radius 2 is 1.71 bits per heavy atom. The fourth-order valence-electron chi connectivity index (χ4n) is 4.95. The second-order valence-corrected chi connectivity index (χ2v) is 9.57. The first-order valence-electron chi connectivity index (χ1n) is 12.6. The van der Waals surface area contributed by atoms with Gasteiger partial charge in [-0.15, -0.1) is 13.2 Å². The molecule has 0 heterocycles. The molecule has 0 spiro atoms. The summed E-state index contributed by atoms with van der Waals surface area (Å²) in [5, 5.41) is 0. The Hall–Kier alpha value is -2.30. The number of hydrogen-bond acceptors (Lipinski definition) is 1. The van der Waals surface area contributed by atoms with Gasteiger partial charge in [-0.25, -0.2) is 4.39 Å². The summed E-state index contributed by atoms with van der Waals surface area (Å²) in [5.41, 5.74) is 4.07. The average Bonchev–Trinajstić information content (AvgIpc) is 2.81. The number of halogens is 4. The standard InChI is InChI=1S/C29H36F4O/c1-3-4-5-8-22-10-14-24(15-11-22)25-16-12-23(13-17-25)9-6-7-21(2)26-18-19-28(27(30)20-26)34-29(31,32)33/h7,12-13,16-20,22,24H,3-6,8-11,14-15H2,1-2H3. The molecule has 186 valence electrons. The minimum absolute atomic E-state index is 0.549. The van der Waals surface area contributed by atoms with Crippen molar-refractivity contribution >= 4 is 5.57 Å². The number of rotatable bonds is 10. The molecule has 0 radical (unpaired) electrons. The molecule has 1 aliphatic carbocycles. The van der Waals surface area contributed by atoms with Crippen LogP contribution in [-0.4, -0.2) is 6.36 Å². The summed E-state index contributed by atoms with van der Waals surface area (Å²) in [7, 11) is 0. The molecule has 0 atom stereocenters. The minimum Gasteiger partial charge on any atom is -0.403 e. The van der Waals surface area contributed by atoms with Crippen LogP contribution in [0.15, 0.2) is 48.5 Å². The van der Waals surface area contributed by atoms with Crippen LogP contribution in [-0.2, 0) is 6.42 Å². The Balaban J connectivity index is 1.47. The zero-order valence-corrected chi connectivity index (χ0v) is 20.3. The van der Waals surface area contributed by atoms with Gasteiger partial charge >= 0.3 is 6.36 Å². The Morgan fingerprint density at radius 3 is 2.32 bits per heavy atom. The highest BCUT2D eigenvalue weighted by molar-refractivity contribution is 5.64. The largest absolute Gasteiger partial charge is 0.573 e. The van der Waals surface area contributed by atoms with Gasteiger partial charge in [0.05, 0.1) is 0 Å². The molecule has 0 amide bonds. The molecule has 5 heteroatoms. The van der Waals surface area contributed by atoms with Crippen LogP contribution in [0.3, 0.4) is 0 Å². The van der Waals surface area contributed by atoms with Gasteiger partial charge in [-0.1, -0.05) is 69.0 Å². The average molecular weight is 477 g/mol. The molecule has 1 aliphatic rings. The molecule has 2 aromatic rings. The van der Waals surface area contributed by atoms with Gasteiger partial charge in [0.25, 0.3) is 0 Å². The summed E-state index contributed by atoms with van der Waals surface area (Å²) in [6.07, 6.45) is 9.43. The molecular weight excluding hydrogens is 440 g/mol. The van der Waals surface area contributed by atoms with Crippen molar-refractivity contribution < 1.29 is 22.3 Å². The third-order valence-corrected chi connectivity index (χ3v) is 7.01. The molecule has 0 saturated heterocycles. The predicted octanol–water partition coefficient (Wildman–Crippen LogP) is 9.61. The zero-order valence-electron chi connectivity index (χ0n) is 20.3. The van der Waals surface area contributed by atoms with E-state index >= 15 is 0 Å². The summed E-state index contributed by atoms with van der Waals surface area (Å²) < 4.78 is 54.6. The van der Waals surface area contributed by atoms with Crippen LogP contribution in [0.5, 0.6) is 5.75 Å². The van der Waals surface area contributed by atoms with Crippen LogP contribution in [0.25, 0.3) is 5.57 Å². The first kappa shape index (κ1) is 26.3. The number of ether oxygens (including phenoxy) is 1. The maximum absolute atomic E-state index is 14.0. The first-order chi connectivity index (χ1) is 16.2. The highest BCUT2D eigenvalue weighted by Gasteiger charge is 2.32. The molecule has 0 aromatic heterocycles. The molecule has 0 bridgehead atoms. The van der Waals surface area contributed by atoms with E-state index in [-0.39, 0.29) is 0 Å². The predicted molar refractivity (Wildman–Crippen MR) is 130 cm³/mol. The summed E-state index contributed by atoms with van der Waals surface area (Å²) in [5.74, 6) is -0.237. The Bertz CT molecular complexity index is 922. The van der Waals surface area contributed by atoms with Crippen molar-refractivity contribution in [1.82, 2.24) is 0 Å². The van der Waals surface area contributed by atoms with Gasteiger partial charge in [-0.2, -0.15) is 0 Å². The molecule has 3 rings (SSSR count). The molecule has 1 fully saturated rings. The van der Waals surface area contributed by atoms with E-state index in [4.69, 9.17) is 0 Å². The van der Waals surface area contributed by atoms with E-state index in [0.29, 0.717) is 11.5 Å². The third-order valence-electron chi connectivity index (χ3n) is 7.01. The van der Waals surface area contributed by atoms with Crippen LogP contribution < -0.4 is 4.74 Å². The van der Waals surface area contributed by atoms with Crippen LogP contribution in [0.1, 0.15) is 94.2 Å². The summed E-state index contributed by atoms with van der Waals surface area (Å²) in [6.45, 7) is 4.10. The zero-order chi connectivity index (χ0) is 24.6. The highest BCUT2D eigenvalue weighted by Crippen LogP contribution is 2.38. The number of benzene rings is 2. The SMILES string of the molecule is CCCCCC1CCC(c2ccc(CCC=C(C)c3ccc(OC(F)(F)F)c(F)c3)cc2)CC1. The van der Waals surface area contributed by atoms with Crippen molar-refractivity contribution in [2.75, 3.05) is 0 Å². The monoisotopic (exact) mass is 476 g/mol. The van der Waals surface area contributed by atoms with Gasteiger partial charge in [0, 0.05) is 0 Å². The number of unbranched alkanes of at least 4 members (excludes halogenated alkanes) is 2. The van der Waals surface area contributed by atoms with Crippen molar-refractivity contribution in [3.05, 3.63) is 71.0 Å². The fourth-order valence-corrected chi connectivity index (χ4v) is 4.95.